The summed E-state index contributed by atoms with van der Waals surface area (Å²) in [5.41, 5.74) is 1.83. The molecule has 2 aromatic rings. The Balaban J connectivity index is 1.45. The third-order valence-electron chi connectivity index (χ3n) is 7.43. The molecule has 3 heterocycles. The second kappa shape index (κ2) is 12.8. The van der Waals surface area contributed by atoms with Crippen molar-refractivity contribution < 1.29 is 19.1 Å². The lowest BCUT2D eigenvalue weighted by molar-refractivity contribution is 0.0203. The van der Waals surface area contributed by atoms with Gasteiger partial charge in [0.2, 0.25) is 0 Å². The number of likely N-dealkylation sites (N-methyl/N-ethyl adjacent to an activating group) is 1. The van der Waals surface area contributed by atoms with Crippen molar-refractivity contribution in [2.75, 3.05) is 66.5 Å². The molecule has 10 heteroatoms. The van der Waals surface area contributed by atoms with Crippen LogP contribution < -0.4 is 10.1 Å². The number of methoxy groups -OCH3 is 1. The highest BCUT2D eigenvalue weighted by atomic mass is 16.6. The maximum atomic E-state index is 13.4. The summed E-state index contributed by atoms with van der Waals surface area (Å²) in [7, 11) is 3.79. The number of carbonyl (C=O) groups is 2. The van der Waals surface area contributed by atoms with Crippen LogP contribution in [0.25, 0.3) is 5.69 Å². The second-order valence-electron chi connectivity index (χ2n) is 11.5. The molecule has 2 saturated heterocycles. The summed E-state index contributed by atoms with van der Waals surface area (Å²) in [6.07, 6.45) is 3.75. The van der Waals surface area contributed by atoms with E-state index in [4.69, 9.17) is 9.47 Å². The van der Waals surface area contributed by atoms with Gasteiger partial charge in [0.1, 0.15) is 11.4 Å². The molecule has 1 aromatic heterocycles. The van der Waals surface area contributed by atoms with Crippen molar-refractivity contribution >= 4 is 12.0 Å². The minimum Gasteiger partial charge on any atom is -0.497 e. The molecule has 0 radical (unpaired) electrons. The number of amides is 2. The van der Waals surface area contributed by atoms with Crippen LogP contribution in [0.5, 0.6) is 5.75 Å². The van der Waals surface area contributed by atoms with E-state index in [2.05, 4.69) is 27.3 Å². The molecule has 10 nitrogen and oxygen atoms in total. The monoisotopic (exact) mass is 540 g/mol. The predicted octanol–water partition coefficient (Wildman–Crippen LogP) is 3.36. The zero-order valence-corrected chi connectivity index (χ0v) is 24.1. The first-order valence-electron chi connectivity index (χ1n) is 14.0. The highest BCUT2D eigenvalue weighted by Crippen LogP contribution is 2.33. The summed E-state index contributed by atoms with van der Waals surface area (Å²) in [5, 5.41) is 7.78. The molecule has 0 atom stereocenters. The first-order chi connectivity index (χ1) is 18.6. The molecule has 0 aliphatic carbocycles. The van der Waals surface area contributed by atoms with Crippen molar-refractivity contribution in [2.45, 2.75) is 51.6 Å². The third kappa shape index (κ3) is 7.73. The number of ether oxygens (including phenoxy) is 2. The maximum Gasteiger partial charge on any atom is 0.410 e. The molecule has 0 bridgehead atoms. The highest BCUT2D eigenvalue weighted by molar-refractivity contribution is 5.95. The van der Waals surface area contributed by atoms with Crippen molar-refractivity contribution in [3.63, 3.8) is 0 Å². The smallest absolute Gasteiger partial charge is 0.410 e. The molecule has 1 aromatic carbocycles. The number of nitrogens with zero attached hydrogens (tertiary/aromatic N) is 5. The van der Waals surface area contributed by atoms with Gasteiger partial charge in [-0.3, -0.25) is 4.79 Å². The van der Waals surface area contributed by atoms with Gasteiger partial charge in [0.15, 0.2) is 0 Å². The van der Waals surface area contributed by atoms with Crippen LogP contribution in [0.2, 0.25) is 0 Å². The molecule has 0 spiro atoms. The molecule has 2 fully saturated rings. The molecule has 214 valence electrons. The quantitative estimate of drug-likeness (QED) is 0.514. The van der Waals surface area contributed by atoms with Crippen LogP contribution in [0.15, 0.2) is 30.5 Å². The molecular formula is C29H44N6O4. The number of likely N-dealkylation sites (tertiary alicyclic amines) is 1. The van der Waals surface area contributed by atoms with E-state index >= 15 is 0 Å². The van der Waals surface area contributed by atoms with E-state index in [1.54, 1.807) is 18.2 Å². The van der Waals surface area contributed by atoms with Gasteiger partial charge in [0.25, 0.3) is 5.91 Å². The van der Waals surface area contributed by atoms with Crippen LogP contribution in [-0.2, 0) is 4.74 Å². The van der Waals surface area contributed by atoms with Crippen LogP contribution in [0.4, 0.5) is 4.79 Å². The summed E-state index contributed by atoms with van der Waals surface area (Å²) in [6.45, 7) is 12.7. The molecule has 1 N–H and O–H groups in total. The Morgan fingerprint density at radius 3 is 2.31 bits per heavy atom. The zero-order valence-electron chi connectivity index (χ0n) is 24.1. The summed E-state index contributed by atoms with van der Waals surface area (Å²) >= 11 is 0. The van der Waals surface area contributed by atoms with Gasteiger partial charge in [0.05, 0.1) is 30.3 Å². The Morgan fingerprint density at radius 1 is 1.03 bits per heavy atom. The normalized spacial score (nSPS) is 17.7. The second-order valence-corrected chi connectivity index (χ2v) is 11.5. The zero-order chi connectivity index (χ0) is 28.0. The SMILES string of the molecule is COc1ccc(-n2ncc(C(=O)NCCCN3CCN(C)CC3)c2C2CCN(C(=O)OC(C)(C)C)CC2)cc1. The summed E-state index contributed by atoms with van der Waals surface area (Å²) in [6, 6.07) is 7.68. The van der Waals surface area contributed by atoms with Gasteiger partial charge >= 0.3 is 6.09 Å². The van der Waals surface area contributed by atoms with Gasteiger partial charge in [-0.15, -0.1) is 0 Å². The van der Waals surface area contributed by atoms with E-state index in [0.29, 0.717) is 25.2 Å². The summed E-state index contributed by atoms with van der Waals surface area (Å²) in [4.78, 5) is 32.6. The minimum absolute atomic E-state index is 0.0828. The number of hydrogen-bond donors (Lipinski definition) is 1. The number of piperazine rings is 1. The van der Waals surface area contributed by atoms with Crippen LogP contribution in [0.1, 0.15) is 62.0 Å². The lowest BCUT2D eigenvalue weighted by Gasteiger charge is -2.34. The van der Waals surface area contributed by atoms with Gasteiger partial charge in [-0.1, -0.05) is 0 Å². The Labute approximate surface area is 232 Å². The van der Waals surface area contributed by atoms with Gasteiger partial charge in [-0.05, 0) is 77.9 Å². The fourth-order valence-corrected chi connectivity index (χ4v) is 5.19. The van der Waals surface area contributed by atoms with E-state index in [9.17, 15) is 9.59 Å². The molecule has 4 rings (SSSR count). The third-order valence-corrected chi connectivity index (χ3v) is 7.43. The van der Waals surface area contributed by atoms with Gasteiger partial charge < -0.3 is 29.5 Å². The average molecular weight is 541 g/mol. The average Bonchev–Trinajstić information content (AvgIpc) is 3.36. The fourth-order valence-electron chi connectivity index (χ4n) is 5.19. The van der Waals surface area contributed by atoms with Gasteiger partial charge in [0, 0.05) is 51.7 Å². The van der Waals surface area contributed by atoms with E-state index in [-0.39, 0.29) is 17.9 Å². The Morgan fingerprint density at radius 2 is 1.69 bits per heavy atom. The molecule has 0 saturated carbocycles. The standard InChI is InChI=1S/C29H44N6O4/c1-29(2,3)39-28(37)34-15-11-22(12-16-34)26-25(21-31-35(26)23-7-9-24(38-5)10-8-23)27(36)30-13-6-14-33-19-17-32(4)18-20-33/h7-10,21-22H,6,11-20H2,1-5H3,(H,30,36). The molecule has 2 amide bonds. The maximum absolute atomic E-state index is 13.4. The number of nitrogens with one attached hydrogen (secondary N) is 1. The van der Waals surface area contributed by atoms with Crippen molar-refractivity contribution in [2.24, 2.45) is 0 Å². The van der Waals surface area contributed by atoms with Crippen molar-refractivity contribution in [3.8, 4) is 11.4 Å². The molecule has 2 aliphatic rings. The Hall–Kier alpha value is -3.11. The number of aromatic nitrogens is 2. The lowest BCUT2D eigenvalue weighted by Crippen LogP contribution is -2.45. The Bertz CT molecular complexity index is 1090. The number of benzene rings is 1. The predicted molar refractivity (Wildman–Crippen MR) is 151 cm³/mol. The van der Waals surface area contributed by atoms with E-state index in [0.717, 1.165) is 69.1 Å². The Kier molecular flexibility index (Phi) is 9.50. The topological polar surface area (TPSA) is 92.2 Å². The fraction of sp³-hybridized carbons (Fsp3) is 0.621. The van der Waals surface area contributed by atoms with Crippen LogP contribution in [-0.4, -0.2) is 109 Å². The van der Waals surface area contributed by atoms with Crippen molar-refractivity contribution in [3.05, 3.63) is 41.7 Å². The van der Waals surface area contributed by atoms with Crippen LogP contribution >= 0.6 is 0 Å². The molecule has 39 heavy (non-hydrogen) atoms. The molecule has 0 unspecified atom stereocenters. The van der Waals surface area contributed by atoms with Crippen LogP contribution in [0, 0.1) is 0 Å². The molecule has 2 aliphatic heterocycles. The number of piperidine rings is 1. The van der Waals surface area contributed by atoms with Crippen LogP contribution in [0.3, 0.4) is 0 Å². The largest absolute Gasteiger partial charge is 0.497 e. The van der Waals surface area contributed by atoms with Gasteiger partial charge in [-0.25, -0.2) is 9.48 Å². The first kappa shape index (κ1) is 28.9. The van der Waals surface area contributed by atoms with E-state index in [1.807, 2.05) is 49.7 Å². The number of rotatable bonds is 8. The summed E-state index contributed by atoms with van der Waals surface area (Å²) in [5.74, 6) is 0.744. The number of hydrogen-bond acceptors (Lipinski definition) is 7. The van der Waals surface area contributed by atoms with Crippen molar-refractivity contribution in [1.29, 1.82) is 0 Å². The minimum atomic E-state index is -0.531. The van der Waals surface area contributed by atoms with E-state index in [1.165, 1.54) is 0 Å². The summed E-state index contributed by atoms with van der Waals surface area (Å²) < 4.78 is 12.8. The van der Waals surface area contributed by atoms with E-state index < -0.39 is 5.60 Å². The van der Waals surface area contributed by atoms with Crippen molar-refractivity contribution in [1.82, 2.24) is 29.8 Å². The first-order valence-corrected chi connectivity index (χ1v) is 14.0. The van der Waals surface area contributed by atoms with Gasteiger partial charge in [-0.2, -0.15) is 5.10 Å². The number of carbonyl (C=O) groups excluding carboxylic acids is 2. The highest BCUT2D eigenvalue weighted by Gasteiger charge is 2.32. The molecular weight excluding hydrogens is 496 g/mol. The lowest BCUT2D eigenvalue weighted by atomic mass is 9.91.